The third kappa shape index (κ3) is 3.97. The Morgan fingerprint density at radius 3 is 2.93 bits per heavy atom. The maximum absolute atomic E-state index is 10.7. The van der Waals surface area contributed by atoms with E-state index in [1.807, 2.05) is 0 Å². The molecule has 1 aromatic carbocycles. The molecule has 1 rings (SSSR count). The molecule has 0 unspecified atom stereocenters. The molecule has 1 aromatic rings. The van der Waals surface area contributed by atoms with Gasteiger partial charge in [0.15, 0.2) is 0 Å². The standard InChI is InChI=1S/C9H10BrClN2O2/c10-3-4-15-8-2-1-6(11)5-7(8)13-9(12)14/h1-2,5H,3-4H2,(H3,12,13,14). The largest absolute Gasteiger partial charge is 0.491 e. The Balaban J connectivity index is 2.87. The molecule has 0 heterocycles. The molecule has 3 N–H and O–H groups in total. The summed E-state index contributed by atoms with van der Waals surface area (Å²) in [5.74, 6) is 0.539. The van der Waals surface area contributed by atoms with Gasteiger partial charge < -0.3 is 15.8 Å². The Morgan fingerprint density at radius 1 is 1.60 bits per heavy atom. The lowest BCUT2D eigenvalue weighted by Crippen LogP contribution is -2.20. The van der Waals surface area contributed by atoms with E-state index in [4.69, 9.17) is 22.1 Å². The van der Waals surface area contributed by atoms with Crippen molar-refractivity contribution in [3.8, 4) is 5.75 Å². The molecule has 6 heteroatoms. The van der Waals surface area contributed by atoms with E-state index < -0.39 is 6.03 Å². The van der Waals surface area contributed by atoms with E-state index in [-0.39, 0.29) is 0 Å². The number of primary amides is 1. The number of halogens is 2. The smallest absolute Gasteiger partial charge is 0.316 e. The molecule has 0 aliphatic heterocycles. The first-order chi connectivity index (χ1) is 7.13. The van der Waals surface area contributed by atoms with Crippen LogP contribution in [0.4, 0.5) is 10.5 Å². The van der Waals surface area contributed by atoms with Crippen LogP contribution in [0.15, 0.2) is 18.2 Å². The van der Waals surface area contributed by atoms with Gasteiger partial charge in [0, 0.05) is 10.4 Å². The van der Waals surface area contributed by atoms with Crippen LogP contribution in [0.3, 0.4) is 0 Å². The van der Waals surface area contributed by atoms with Crippen molar-refractivity contribution in [3.63, 3.8) is 0 Å². The fourth-order valence-corrected chi connectivity index (χ4v) is 1.34. The highest BCUT2D eigenvalue weighted by Crippen LogP contribution is 2.27. The lowest BCUT2D eigenvalue weighted by Gasteiger charge is -2.10. The Morgan fingerprint density at radius 2 is 2.33 bits per heavy atom. The third-order valence-corrected chi connectivity index (χ3v) is 2.09. The zero-order valence-corrected chi connectivity index (χ0v) is 10.1. The molecule has 0 aliphatic carbocycles. The number of hydrogen-bond donors (Lipinski definition) is 2. The van der Waals surface area contributed by atoms with E-state index in [1.165, 1.54) is 0 Å². The first kappa shape index (κ1) is 12.1. The number of nitrogens with one attached hydrogen (secondary N) is 1. The maximum Gasteiger partial charge on any atom is 0.316 e. The molecule has 0 bridgehead atoms. The van der Waals surface area contributed by atoms with E-state index in [0.717, 1.165) is 0 Å². The number of rotatable bonds is 4. The highest BCUT2D eigenvalue weighted by molar-refractivity contribution is 9.09. The Hall–Kier alpha value is -0.940. The molecule has 0 saturated heterocycles. The fourth-order valence-electron chi connectivity index (χ4n) is 1.01. The van der Waals surface area contributed by atoms with Gasteiger partial charge in [-0.25, -0.2) is 4.79 Å². The maximum atomic E-state index is 10.7. The molecular weight excluding hydrogens is 283 g/mol. The average molecular weight is 294 g/mol. The number of urea groups is 1. The monoisotopic (exact) mass is 292 g/mol. The molecule has 0 fully saturated rings. The number of benzene rings is 1. The third-order valence-electron chi connectivity index (χ3n) is 1.53. The van der Waals surface area contributed by atoms with E-state index in [1.54, 1.807) is 18.2 Å². The van der Waals surface area contributed by atoms with Crippen LogP contribution < -0.4 is 15.8 Å². The Kier molecular flexibility index (Phi) is 4.71. The number of amides is 2. The number of alkyl halides is 1. The van der Waals surface area contributed by atoms with Crippen LogP contribution in [0.1, 0.15) is 0 Å². The van der Waals surface area contributed by atoms with Crippen LogP contribution in [0, 0.1) is 0 Å². The van der Waals surface area contributed by atoms with Gasteiger partial charge in [-0.15, -0.1) is 0 Å². The lowest BCUT2D eigenvalue weighted by molar-refractivity contribution is 0.259. The van der Waals surface area contributed by atoms with E-state index in [2.05, 4.69) is 21.2 Å². The SMILES string of the molecule is NC(=O)Nc1cc(Cl)ccc1OCCBr. The van der Waals surface area contributed by atoms with E-state index >= 15 is 0 Å². The van der Waals surface area contributed by atoms with Crippen molar-refractivity contribution < 1.29 is 9.53 Å². The molecule has 0 radical (unpaired) electrons. The summed E-state index contributed by atoms with van der Waals surface area (Å²) in [5.41, 5.74) is 5.48. The van der Waals surface area contributed by atoms with Gasteiger partial charge in [0.1, 0.15) is 5.75 Å². The number of carbonyl (C=O) groups excluding carboxylic acids is 1. The number of anilines is 1. The van der Waals surface area contributed by atoms with Crippen LogP contribution in [0.5, 0.6) is 5.75 Å². The zero-order chi connectivity index (χ0) is 11.3. The van der Waals surface area contributed by atoms with Crippen LogP contribution in [-0.4, -0.2) is 18.0 Å². The molecule has 82 valence electrons. The predicted octanol–water partition coefficient (Wildman–Crippen LogP) is 2.60. The van der Waals surface area contributed by atoms with Gasteiger partial charge >= 0.3 is 6.03 Å². The summed E-state index contributed by atoms with van der Waals surface area (Å²) in [5, 5.41) is 3.64. The minimum Gasteiger partial charge on any atom is -0.491 e. The van der Waals surface area contributed by atoms with Crippen molar-refractivity contribution in [1.29, 1.82) is 0 Å². The van der Waals surface area contributed by atoms with Gasteiger partial charge in [-0.2, -0.15) is 0 Å². The number of ether oxygens (including phenoxy) is 1. The average Bonchev–Trinajstić information content (AvgIpc) is 2.16. The summed E-state index contributed by atoms with van der Waals surface area (Å²) in [4.78, 5) is 10.7. The highest BCUT2D eigenvalue weighted by atomic mass is 79.9. The quantitative estimate of drug-likeness (QED) is 0.838. The Labute approximate surface area is 101 Å². The summed E-state index contributed by atoms with van der Waals surface area (Å²) >= 11 is 9.01. The van der Waals surface area contributed by atoms with E-state index in [0.29, 0.717) is 28.4 Å². The van der Waals surface area contributed by atoms with Crippen molar-refractivity contribution in [2.45, 2.75) is 0 Å². The molecule has 0 aliphatic rings. The van der Waals surface area contributed by atoms with Crippen molar-refractivity contribution in [3.05, 3.63) is 23.2 Å². The molecule has 0 atom stereocenters. The van der Waals surface area contributed by atoms with Crippen LogP contribution >= 0.6 is 27.5 Å². The molecule has 4 nitrogen and oxygen atoms in total. The Bertz CT molecular complexity index is 360. The predicted molar refractivity (Wildman–Crippen MR) is 63.9 cm³/mol. The zero-order valence-electron chi connectivity index (χ0n) is 7.80. The van der Waals surface area contributed by atoms with E-state index in [9.17, 15) is 4.79 Å². The number of carbonyl (C=O) groups is 1. The molecule has 0 saturated carbocycles. The number of nitrogens with two attached hydrogens (primary N) is 1. The molecule has 0 spiro atoms. The first-order valence-corrected chi connectivity index (χ1v) is 5.68. The van der Waals surface area contributed by atoms with Crippen LogP contribution in [0.25, 0.3) is 0 Å². The minimum atomic E-state index is -0.652. The summed E-state index contributed by atoms with van der Waals surface area (Å²) in [6.07, 6.45) is 0. The van der Waals surface area contributed by atoms with Gasteiger partial charge in [0.2, 0.25) is 0 Å². The van der Waals surface area contributed by atoms with Crippen molar-refractivity contribution in [1.82, 2.24) is 0 Å². The fraction of sp³-hybridized carbons (Fsp3) is 0.222. The van der Waals surface area contributed by atoms with Crippen molar-refractivity contribution in [2.24, 2.45) is 5.73 Å². The van der Waals surface area contributed by atoms with Crippen molar-refractivity contribution >= 4 is 39.2 Å². The molecule has 15 heavy (non-hydrogen) atoms. The lowest BCUT2D eigenvalue weighted by atomic mass is 10.3. The molecule has 0 aromatic heterocycles. The van der Waals surface area contributed by atoms with Gasteiger partial charge in [-0.05, 0) is 18.2 Å². The molecular formula is C9H10BrClN2O2. The minimum absolute atomic E-state index is 0.468. The van der Waals surface area contributed by atoms with Gasteiger partial charge in [0.25, 0.3) is 0 Å². The first-order valence-electron chi connectivity index (χ1n) is 4.18. The summed E-state index contributed by atoms with van der Waals surface area (Å²) in [6.45, 7) is 0.495. The van der Waals surface area contributed by atoms with Gasteiger partial charge in [-0.1, -0.05) is 27.5 Å². The summed E-state index contributed by atoms with van der Waals surface area (Å²) in [7, 11) is 0. The van der Waals surface area contributed by atoms with Gasteiger partial charge in [-0.3, -0.25) is 0 Å². The second kappa shape index (κ2) is 5.82. The topological polar surface area (TPSA) is 64.4 Å². The number of hydrogen-bond acceptors (Lipinski definition) is 2. The summed E-state index contributed by atoms with van der Waals surface area (Å²) < 4.78 is 5.37. The van der Waals surface area contributed by atoms with Crippen LogP contribution in [0.2, 0.25) is 5.02 Å². The second-order valence-corrected chi connectivity index (χ2v) is 3.90. The summed E-state index contributed by atoms with van der Waals surface area (Å²) in [6, 6.07) is 4.28. The van der Waals surface area contributed by atoms with Gasteiger partial charge in [0.05, 0.1) is 12.3 Å². The van der Waals surface area contributed by atoms with Crippen molar-refractivity contribution in [2.75, 3.05) is 17.3 Å². The highest BCUT2D eigenvalue weighted by Gasteiger charge is 2.06. The normalized spacial score (nSPS) is 9.73. The molecule has 2 amide bonds. The van der Waals surface area contributed by atoms with Crippen LogP contribution in [-0.2, 0) is 0 Å². The second-order valence-electron chi connectivity index (χ2n) is 2.67.